The molecule has 0 aliphatic heterocycles. The number of carbonyl (C=O) groups is 1. The van der Waals surface area contributed by atoms with Crippen molar-refractivity contribution in [1.29, 1.82) is 0 Å². The molecule has 0 aromatic heterocycles. The molecule has 0 saturated carbocycles. The maximum absolute atomic E-state index is 13.5. The molecule has 0 aliphatic rings. The third kappa shape index (κ3) is 2.09. The molecule has 92 valence electrons. The van der Waals surface area contributed by atoms with Crippen LogP contribution in [-0.2, 0) is 0 Å². The summed E-state index contributed by atoms with van der Waals surface area (Å²) in [6, 6.07) is 7.87. The number of aryl methyl sites for hydroxylation is 1. The van der Waals surface area contributed by atoms with Crippen LogP contribution in [0.1, 0.15) is 21.5 Å². The van der Waals surface area contributed by atoms with E-state index in [1.807, 2.05) is 0 Å². The first-order chi connectivity index (χ1) is 8.50. The quantitative estimate of drug-likeness (QED) is 0.654. The van der Waals surface area contributed by atoms with Crippen LogP contribution in [0.3, 0.4) is 0 Å². The zero-order valence-corrected chi connectivity index (χ0v) is 9.71. The number of hydrogen-bond acceptors (Lipinski definition) is 2. The second kappa shape index (κ2) is 4.56. The Morgan fingerprint density at radius 1 is 1.11 bits per heavy atom. The van der Waals surface area contributed by atoms with Crippen molar-refractivity contribution in [3.63, 3.8) is 0 Å². The molecule has 18 heavy (non-hydrogen) atoms. The van der Waals surface area contributed by atoms with Crippen LogP contribution < -0.4 is 5.73 Å². The molecule has 4 heteroatoms. The van der Waals surface area contributed by atoms with Crippen molar-refractivity contribution in [3.05, 3.63) is 64.7 Å². The number of anilines is 1. The van der Waals surface area contributed by atoms with Crippen molar-refractivity contribution in [2.45, 2.75) is 6.92 Å². The van der Waals surface area contributed by atoms with Gasteiger partial charge in [0.15, 0.2) is 5.78 Å². The molecule has 0 amide bonds. The van der Waals surface area contributed by atoms with Crippen molar-refractivity contribution < 1.29 is 13.6 Å². The molecular weight excluding hydrogens is 236 g/mol. The minimum absolute atomic E-state index is 0.169. The lowest BCUT2D eigenvalue weighted by atomic mass is 10.0. The van der Waals surface area contributed by atoms with Gasteiger partial charge in [0.05, 0.1) is 5.56 Å². The number of nitrogens with two attached hydrogens (primary N) is 1. The highest BCUT2D eigenvalue weighted by Crippen LogP contribution is 2.20. The van der Waals surface area contributed by atoms with Gasteiger partial charge in [0.25, 0.3) is 0 Å². The lowest BCUT2D eigenvalue weighted by Crippen LogP contribution is -2.08. The van der Waals surface area contributed by atoms with Crippen LogP contribution in [-0.4, -0.2) is 5.78 Å². The van der Waals surface area contributed by atoms with Gasteiger partial charge in [-0.1, -0.05) is 18.2 Å². The molecule has 0 spiro atoms. The van der Waals surface area contributed by atoms with Crippen molar-refractivity contribution in [1.82, 2.24) is 0 Å². The van der Waals surface area contributed by atoms with E-state index in [-0.39, 0.29) is 5.56 Å². The van der Waals surface area contributed by atoms with Gasteiger partial charge in [0.2, 0.25) is 0 Å². The summed E-state index contributed by atoms with van der Waals surface area (Å²) in [6.45, 7) is 1.78. The minimum atomic E-state index is -0.876. The largest absolute Gasteiger partial charge is 0.398 e. The minimum Gasteiger partial charge on any atom is -0.398 e. The Bertz CT molecular complexity index is 603. The number of rotatable bonds is 2. The van der Waals surface area contributed by atoms with Gasteiger partial charge in [-0.15, -0.1) is 0 Å². The Balaban J connectivity index is 2.51. The monoisotopic (exact) mass is 247 g/mol. The molecule has 0 saturated heterocycles. The molecule has 2 N–H and O–H groups in total. The van der Waals surface area contributed by atoms with E-state index in [0.717, 1.165) is 17.7 Å². The fourth-order valence-electron chi connectivity index (χ4n) is 1.64. The van der Waals surface area contributed by atoms with Crippen molar-refractivity contribution in [2.24, 2.45) is 0 Å². The summed E-state index contributed by atoms with van der Waals surface area (Å²) in [5.74, 6) is -2.46. The summed E-state index contributed by atoms with van der Waals surface area (Å²) in [5.41, 5.74) is 6.51. The van der Waals surface area contributed by atoms with Gasteiger partial charge in [-0.25, -0.2) is 8.78 Å². The molecule has 0 aliphatic carbocycles. The SMILES string of the molecule is Cc1ccc(C(=O)c2c(F)cccc2F)cc1N. The number of ketones is 1. The first-order valence-electron chi connectivity index (χ1n) is 5.35. The highest BCUT2D eigenvalue weighted by Gasteiger charge is 2.18. The van der Waals surface area contributed by atoms with Gasteiger partial charge in [0, 0.05) is 11.3 Å². The molecule has 0 fully saturated rings. The molecule has 2 aromatic rings. The molecule has 2 nitrogen and oxygen atoms in total. The summed E-state index contributed by atoms with van der Waals surface area (Å²) < 4.78 is 26.9. The first-order valence-corrected chi connectivity index (χ1v) is 5.35. The Hall–Kier alpha value is -2.23. The van der Waals surface area contributed by atoms with Crippen LogP contribution in [0, 0.1) is 18.6 Å². The lowest BCUT2D eigenvalue weighted by Gasteiger charge is -2.06. The third-order valence-electron chi connectivity index (χ3n) is 2.73. The Labute approximate surface area is 103 Å². The topological polar surface area (TPSA) is 43.1 Å². The highest BCUT2D eigenvalue weighted by atomic mass is 19.1. The number of halogens is 2. The standard InChI is InChI=1S/C14H11F2NO/c1-8-5-6-9(7-12(8)17)14(18)13-10(15)3-2-4-11(13)16/h2-7H,17H2,1H3. The van der Waals surface area contributed by atoms with E-state index in [1.54, 1.807) is 13.0 Å². The van der Waals surface area contributed by atoms with Gasteiger partial charge >= 0.3 is 0 Å². The van der Waals surface area contributed by atoms with Crippen LogP contribution in [0.25, 0.3) is 0 Å². The maximum atomic E-state index is 13.5. The summed E-state index contributed by atoms with van der Waals surface area (Å²) in [6.07, 6.45) is 0. The number of carbonyl (C=O) groups excluding carboxylic acids is 1. The predicted molar refractivity (Wildman–Crippen MR) is 65.4 cm³/mol. The molecular formula is C14H11F2NO. The van der Waals surface area contributed by atoms with Gasteiger partial charge in [-0.2, -0.15) is 0 Å². The Kier molecular flexibility index (Phi) is 3.10. The fourth-order valence-corrected chi connectivity index (χ4v) is 1.64. The summed E-state index contributed by atoms with van der Waals surface area (Å²) in [5, 5.41) is 0. The van der Waals surface area contributed by atoms with Gasteiger partial charge in [-0.3, -0.25) is 4.79 Å². The van der Waals surface area contributed by atoms with Crippen molar-refractivity contribution in [2.75, 3.05) is 5.73 Å². The fraction of sp³-hybridized carbons (Fsp3) is 0.0714. The molecule has 2 rings (SSSR count). The van der Waals surface area contributed by atoms with Crippen molar-refractivity contribution >= 4 is 11.5 Å². The summed E-state index contributed by atoms with van der Waals surface area (Å²) >= 11 is 0. The lowest BCUT2D eigenvalue weighted by molar-refractivity contribution is 0.103. The Morgan fingerprint density at radius 2 is 1.72 bits per heavy atom. The predicted octanol–water partition coefficient (Wildman–Crippen LogP) is 3.09. The van der Waals surface area contributed by atoms with Gasteiger partial charge in [0.1, 0.15) is 11.6 Å². The molecule has 0 heterocycles. The zero-order chi connectivity index (χ0) is 13.3. The molecule has 2 aromatic carbocycles. The number of benzene rings is 2. The molecule has 0 atom stereocenters. The van der Waals surface area contributed by atoms with E-state index in [1.165, 1.54) is 18.2 Å². The van der Waals surface area contributed by atoms with E-state index < -0.39 is 23.0 Å². The highest BCUT2D eigenvalue weighted by molar-refractivity contribution is 6.09. The summed E-state index contributed by atoms with van der Waals surface area (Å²) in [7, 11) is 0. The van der Waals surface area contributed by atoms with E-state index in [9.17, 15) is 13.6 Å². The van der Waals surface area contributed by atoms with Crippen molar-refractivity contribution in [3.8, 4) is 0 Å². The third-order valence-corrected chi connectivity index (χ3v) is 2.73. The van der Waals surface area contributed by atoms with Crippen LogP contribution in [0.2, 0.25) is 0 Å². The van der Waals surface area contributed by atoms with E-state index in [0.29, 0.717) is 5.69 Å². The smallest absolute Gasteiger partial charge is 0.199 e. The van der Waals surface area contributed by atoms with Gasteiger partial charge < -0.3 is 5.73 Å². The molecule has 0 radical (unpaired) electrons. The number of nitrogen functional groups attached to an aromatic ring is 1. The zero-order valence-electron chi connectivity index (χ0n) is 9.71. The maximum Gasteiger partial charge on any atom is 0.199 e. The van der Waals surface area contributed by atoms with Crippen LogP contribution in [0.5, 0.6) is 0 Å². The normalized spacial score (nSPS) is 10.4. The summed E-state index contributed by atoms with van der Waals surface area (Å²) in [4.78, 5) is 12.0. The van der Waals surface area contributed by atoms with Crippen LogP contribution in [0.15, 0.2) is 36.4 Å². The van der Waals surface area contributed by atoms with E-state index in [4.69, 9.17) is 5.73 Å². The number of hydrogen-bond donors (Lipinski definition) is 1. The van der Waals surface area contributed by atoms with Crippen LogP contribution >= 0.6 is 0 Å². The average Bonchev–Trinajstić information content (AvgIpc) is 2.32. The second-order valence-electron chi connectivity index (χ2n) is 4.00. The molecule has 0 unspecified atom stereocenters. The molecule has 0 bridgehead atoms. The van der Waals surface area contributed by atoms with E-state index >= 15 is 0 Å². The Morgan fingerprint density at radius 3 is 2.28 bits per heavy atom. The van der Waals surface area contributed by atoms with Gasteiger partial charge in [-0.05, 0) is 30.7 Å². The second-order valence-corrected chi connectivity index (χ2v) is 4.00. The van der Waals surface area contributed by atoms with Crippen LogP contribution in [0.4, 0.5) is 14.5 Å². The van der Waals surface area contributed by atoms with E-state index in [2.05, 4.69) is 0 Å². The first kappa shape index (κ1) is 12.2. The average molecular weight is 247 g/mol.